The minimum absolute atomic E-state index is 0.382. The predicted molar refractivity (Wildman–Crippen MR) is 53.0 cm³/mol. The van der Waals surface area contributed by atoms with E-state index in [4.69, 9.17) is 11.6 Å². The lowest BCUT2D eigenvalue weighted by molar-refractivity contribution is 0.618. The average molecular weight is 203 g/mol. The molecular weight excluding hydrogens is 192 g/mol. The summed E-state index contributed by atoms with van der Waals surface area (Å²) in [5.41, 5.74) is 0.382. The van der Waals surface area contributed by atoms with Gasteiger partial charge in [0.25, 0.3) is 0 Å². The monoisotopic (exact) mass is 202 g/mol. The maximum atomic E-state index is 5.84. The highest BCUT2D eigenvalue weighted by Gasteiger charge is 2.41. The molecule has 0 spiro atoms. The third-order valence-corrected chi connectivity index (χ3v) is 3.59. The fourth-order valence-electron chi connectivity index (χ4n) is 1.11. The Morgan fingerprint density at radius 2 is 2.50 bits per heavy atom. The number of hydrogen-bond acceptors (Lipinski definition) is 3. The van der Waals surface area contributed by atoms with E-state index in [0.29, 0.717) is 5.41 Å². The first kappa shape index (κ1) is 8.32. The van der Waals surface area contributed by atoms with Gasteiger partial charge in [-0.15, -0.1) is 22.9 Å². The highest BCUT2D eigenvalue weighted by Crippen LogP contribution is 2.46. The van der Waals surface area contributed by atoms with Gasteiger partial charge in [-0.25, -0.2) is 4.98 Å². The minimum atomic E-state index is 0.382. The highest BCUT2D eigenvalue weighted by atomic mass is 35.5. The van der Waals surface area contributed by atoms with Crippen molar-refractivity contribution in [3.8, 4) is 0 Å². The van der Waals surface area contributed by atoms with Gasteiger partial charge in [-0.2, -0.15) is 0 Å². The Hall–Kier alpha value is -0.280. The smallest absolute Gasteiger partial charge is 0.182 e. The Morgan fingerprint density at radius 3 is 3.00 bits per heavy atom. The summed E-state index contributed by atoms with van der Waals surface area (Å²) in [5, 5.41) is 6.28. The summed E-state index contributed by atoms with van der Waals surface area (Å²) in [6.07, 6.45) is 4.33. The summed E-state index contributed by atoms with van der Waals surface area (Å²) in [4.78, 5) is 4.15. The van der Waals surface area contributed by atoms with Crippen LogP contribution in [0.25, 0.3) is 0 Å². The van der Waals surface area contributed by atoms with Gasteiger partial charge in [0.1, 0.15) is 0 Å². The van der Waals surface area contributed by atoms with Crippen LogP contribution in [0.5, 0.6) is 0 Å². The number of aromatic nitrogens is 1. The second-order valence-electron chi connectivity index (χ2n) is 3.32. The largest absolute Gasteiger partial charge is 0.361 e. The van der Waals surface area contributed by atoms with Gasteiger partial charge in [0.15, 0.2) is 5.13 Å². The molecule has 0 aromatic carbocycles. The van der Waals surface area contributed by atoms with E-state index in [2.05, 4.69) is 10.3 Å². The van der Waals surface area contributed by atoms with Crippen LogP contribution in [0, 0.1) is 5.41 Å². The maximum absolute atomic E-state index is 5.84. The van der Waals surface area contributed by atoms with Gasteiger partial charge in [-0.05, 0) is 12.8 Å². The number of alkyl halides is 1. The summed E-state index contributed by atoms with van der Waals surface area (Å²) < 4.78 is 0. The second kappa shape index (κ2) is 3.23. The molecule has 0 atom stereocenters. The molecule has 0 radical (unpaired) electrons. The van der Waals surface area contributed by atoms with Crippen LogP contribution in [0.4, 0.5) is 5.13 Å². The molecule has 0 saturated heterocycles. The van der Waals surface area contributed by atoms with Gasteiger partial charge in [0.2, 0.25) is 0 Å². The Bertz CT molecular complexity index is 244. The summed E-state index contributed by atoms with van der Waals surface area (Å²) in [6, 6.07) is 0. The highest BCUT2D eigenvalue weighted by molar-refractivity contribution is 7.13. The van der Waals surface area contributed by atoms with Gasteiger partial charge in [0.05, 0.1) is 0 Å². The first-order valence-electron chi connectivity index (χ1n) is 4.04. The van der Waals surface area contributed by atoms with E-state index >= 15 is 0 Å². The van der Waals surface area contributed by atoms with E-state index < -0.39 is 0 Å². The zero-order valence-corrected chi connectivity index (χ0v) is 8.29. The van der Waals surface area contributed by atoms with Crippen molar-refractivity contribution in [2.24, 2.45) is 5.41 Å². The lowest BCUT2D eigenvalue weighted by Crippen LogP contribution is -2.16. The molecule has 1 aliphatic rings. The number of nitrogens with one attached hydrogen (secondary N) is 1. The Labute approximate surface area is 81.0 Å². The molecule has 2 rings (SSSR count). The summed E-state index contributed by atoms with van der Waals surface area (Å²) in [5.74, 6) is 0.769. The molecule has 1 fully saturated rings. The predicted octanol–water partition coefficient (Wildman–Crippen LogP) is 2.57. The molecule has 1 aromatic heterocycles. The van der Waals surface area contributed by atoms with Crippen molar-refractivity contribution < 1.29 is 0 Å². The van der Waals surface area contributed by atoms with Gasteiger partial charge >= 0.3 is 0 Å². The van der Waals surface area contributed by atoms with Crippen molar-refractivity contribution in [2.75, 3.05) is 17.7 Å². The van der Waals surface area contributed by atoms with Crippen molar-refractivity contribution in [1.82, 2.24) is 4.98 Å². The Morgan fingerprint density at radius 1 is 1.67 bits per heavy atom. The van der Waals surface area contributed by atoms with Crippen LogP contribution in [-0.2, 0) is 0 Å². The number of halogens is 1. The van der Waals surface area contributed by atoms with Crippen LogP contribution < -0.4 is 5.32 Å². The van der Waals surface area contributed by atoms with Gasteiger partial charge in [-0.1, -0.05) is 0 Å². The van der Waals surface area contributed by atoms with Crippen LogP contribution in [0.3, 0.4) is 0 Å². The van der Waals surface area contributed by atoms with E-state index in [9.17, 15) is 0 Å². The Balaban J connectivity index is 1.83. The van der Waals surface area contributed by atoms with Gasteiger partial charge in [0, 0.05) is 29.4 Å². The molecule has 0 bridgehead atoms. The molecule has 0 aliphatic heterocycles. The summed E-state index contributed by atoms with van der Waals surface area (Å²) >= 11 is 7.48. The summed E-state index contributed by atoms with van der Waals surface area (Å²) in [6.45, 7) is 0.976. The standard InChI is InChI=1S/C8H11ClN2S/c9-5-8(1-2-8)6-11-7-10-3-4-12-7/h3-4H,1-2,5-6H2,(H,10,11). The summed E-state index contributed by atoms with van der Waals surface area (Å²) in [7, 11) is 0. The van der Waals surface area contributed by atoms with Crippen LogP contribution in [0.1, 0.15) is 12.8 Å². The number of rotatable bonds is 4. The lowest BCUT2D eigenvalue weighted by Gasteiger charge is -2.10. The molecule has 4 heteroatoms. The third kappa shape index (κ3) is 1.72. The topological polar surface area (TPSA) is 24.9 Å². The molecule has 1 heterocycles. The minimum Gasteiger partial charge on any atom is -0.361 e. The molecule has 0 unspecified atom stereocenters. The lowest BCUT2D eigenvalue weighted by atomic mass is 10.1. The van der Waals surface area contributed by atoms with E-state index in [1.54, 1.807) is 11.3 Å². The molecule has 1 N–H and O–H groups in total. The zero-order valence-electron chi connectivity index (χ0n) is 6.72. The first-order valence-corrected chi connectivity index (χ1v) is 5.45. The molecular formula is C8H11ClN2S. The van der Waals surface area contributed by atoms with Crippen molar-refractivity contribution >= 4 is 28.1 Å². The first-order chi connectivity index (χ1) is 5.85. The van der Waals surface area contributed by atoms with Crippen LogP contribution in [-0.4, -0.2) is 17.4 Å². The van der Waals surface area contributed by atoms with Crippen molar-refractivity contribution in [1.29, 1.82) is 0 Å². The normalized spacial score (nSPS) is 19.1. The van der Waals surface area contributed by atoms with E-state index in [0.717, 1.165) is 17.6 Å². The molecule has 1 aromatic rings. The third-order valence-electron chi connectivity index (χ3n) is 2.29. The van der Waals surface area contributed by atoms with Crippen molar-refractivity contribution in [2.45, 2.75) is 12.8 Å². The second-order valence-corrected chi connectivity index (χ2v) is 4.49. The number of thiazole rings is 1. The fourth-order valence-corrected chi connectivity index (χ4v) is 2.00. The van der Waals surface area contributed by atoms with E-state index in [1.807, 2.05) is 11.6 Å². The van der Waals surface area contributed by atoms with Crippen LogP contribution in [0.2, 0.25) is 0 Å². The maximum Gasteiger partial charge on any atom is 0.182 e. The molecule has 0 amide bonds. The molecule has 1 saturated carbocycles. The van der Waals surface area contributed by atoms with Crippen LogP contribution in [0.15, 0.2) is 11.6 Å². The number of hydrogen-bond donors (Lipinski definition) is 1. The molecule has 1 aliphatic carbocycles. The fraction of sp³-hybridized carbons (Fsp3) is 0.625. The van der Waals surface area contributed by atoms with E-state index in [-0.39, 0.29) is 0 Å². The molecule has 66 valence electrons. The molecule has 2 nitrogen and oxygen atoms in total. The average Bonchev–Trinajstić information content (AvgIpc) is 2.70. The van der Waals surface area contributed by atoms with Crippen molar-refractivity contribution in [3.63, 3.8) is 0 Å². The zero-order chi connectivity index (χ0) is 8.44. The SMILES string of the molecule is ClCC1(CNc2nccs2)CC1. The van der Waals surface area contributed by atoms with Crippen molar-refractivity contribution in [3.05, 3.63) is 11.6 Å². The van der Waals surface area contributed by atoms with E-state index in [1.165, 1.54) is 12.8 Å². The molecule has 12 heavy (non-hydrogen) atoms. The van der Waals surface area contributed by atoms with Crippen LogP contribution >= 0.6 is 22.9 Å². The van der Waals surface area contributed by atoms with Gasteiger partial charge < -0.3 is 5.32 Å². The van der Waals surface area contributed by atoms with Gasteiger partial charge in [-0.3, -0.25) is 0 Å². The number of anilines is 1. The quantitative estimate of drug-likeness (QED) is 0.760. The number of nitrogens with zero attached hydrogens (tertiary/aromatic N) is 1. The Kier molecular flexibility index (Phi) is 2.24.